The summed E-state index contributed by atoms with van der Waals surface area (Å²) in [4.78, 5) is 44.5. The maximum absolute atomic E-state index is 13.1. The first-order valence-electron chi connectivity index (χ1n) is 14.5. The average molecular weight is 590 g/mol. The van der Waals surface area contributed by atoms with Crippen LogP contribution in [-0.2, 0) is 30.8 Å². The zero-order valence-electron chi connectivity index (χ0n) is 24.8. The molecule has 1 heterocycles. The molecule has 5 aromatic rings. The first-order chi connectivity index (χ1) is 21.4. The molecule has 9 nitrogen and oxygen atoms in total. The van der Waals surface area contributed by atoms with Gasteiger partial charge >= 0.3 is 17.7 Å². The number of anilines is 2. The molecule has 0 atom stereocenters. The second-order valence-corrected chi connectivity index (χ2v) is 10.6. The molecule has 0 spiro atoms. The number of nitrogens with zero attached hydrogens (tertiary/aromatic N) is 2. The molecular weight excluding hydrogens is 554 g/mol. The first-order valence-corrected chi connectivity index (χ1v) is 14.5. The van der Waals surface area contributed by atoms with Crippen molar-refractivity contribution in [2.75, 3.05) is 12.4 Å². The molecular formula is C35H35N5O4. The predicted octanol–water partition coefficient (Wildman–Crippen LogP) is 5.83. The number of urea groups is 1. The van der Waals surface area contributed by atoms with E-state index in [1.165, 1.54) is 0 Å². The Labute approximate surface area is 255 Å². The highest BCUT2D eigenvalue weighted by Gasteiger charge is 2.15. The van der Waals surface area contributed by atoms with E-state index >= 15 is 0 Å². The minimum absolute atomic E-state index is 0.0356. The van der Waals surface area contributed by atoms with Crippen molar-refractivity contribution in [1.29, 1.82) is 0 Å². The fourth-order valence-electron chi connectivity index (χ4n) is 4.98. The molecule has 44 heavy (non-hydrogen) atoms. The van der Waals surface area contributed by atoms with Crippen LogP contribution in [0.15, 0.2) is 106 Å². The summed E-state index contributed by atoms with van der Waals surface area (Å²) in [6.45, 7) is 3.02. The number of rotatable bonds is 11. The third-order valence-corrected chi connectivity index (χ3v) is 7.46. The number of aryl methyl sites for hydroxylation is 2. The molecule has 0 saturated carbocycles. The fourth-order valence-corrected chi connectivity index (χ4v) is 4.98. The van der Waals surface area contributed by atoms with Gasteiger partial charge in [0.25, 0.3) is 0 Å². The number of aromatic nitrogens is 1. The molecule has 0 unspecified atom stereocenters. The van der Waals surface area contributed by atoms with Crippen molar-refractivity contribution in [3.63, 3.8) is 0 Å². The van der Waals surface area contributed by atoms with Crippen molar-refractivity contribution >= 4 is 34.5 Å². The minimum atomic E-state index is -0.527. The molecule has 9 heteroatoms. The van der Waals surface area contributed by atoms with Gasteiger partial charge in [0.15, 0.2) is 0 Å². The smallest absolute Gasteiger partial charge is 0.348 e. The molecule has 0 radical (unpaired) electrons. The quantitative estimate of drug-likeness (QED) is 0.179. The van der Waals surface area contributed by atoms with Crippen LogP contribution in [0.4, 0.5) is 16.5 Å². The standard InChI is InChI=1S/C35H35N5O4/c1-24-28(22-37-34(43)36-21-25-11-5-3-6-12-25)17-19-30-32(24)33(42)44-35(39-30)38-29-16-10-9-15-27(29)18-20-31(41)40(2)23-26-13-7-4-8-14-26/h3-17,19H,18,20-23H2,1-2H3,(H,38,39)(H2,36,37,43). The van der Waals surface area contributed by atoms with Gasteiger partial charge in [0.2, 0.25) is 5.91 Å². The van der Waals surface area contributed by atoms with Gasteiger partial charge in [0.1, 0.15) is 0 Å². The average Bonchev–Trinajstić information content (AvgIpc) is 3.03. The van der Waals surface area contributed by atoms with Crippen LogP contribution in [0.3, 0.4) is 0 Å². The van der Waals surface area contributed by atoms with Gasteiger partial charge in [0, 0.05) is 38.8 Å². The van der Waals surface area contributed by atoms with Crippen LogP contribution in [0.5, 0.6) is 0 Å². The second kappa shape index (κ2) is 14.2. The minimum Gasteiger partial charge on any atom is -0.388 e. The predicted molar refractivity (Wildman–Crippen MR) is 171 cm³/mol. The number of hydrogen-bond acceptors (Lipinski definition) is 6. The van der Waals surface area contributed by atoms with E-state index in [4.69, 9.17) is 4.42 Å². The highest BCUT2D eigenvalue weighted by molar-refractivity contribution is 5.83. The van der Waals surface area contributed by atoms with E-state index in [2.05, 4.69) is 20.9 Å². The summed E-state index contributed by atoms with van der Waals surface area (Å²) in [6.07, 6.45) is 0.838. The Bertz CT molecular complexity index is 1810. The third kappa shape index (κ3) is 7.69. The van der Waals surface area contributed by atoms with E-state index in [0.717, 1.165) is 22.3 Å². The highest BCUT2D eigenvalue weighted by atomic mass is 16.4. The number of amides is 3. The molecule has 0 aliphatic heterocycles. The summed E-state index contributed by atoms with van der Waals surface area (Å²) in [5.41, 5.74) is 5.12. The molecule has 0 bridgehead atoms. The van der Waals surface area contributed by atoms with Crippen molar-refractivity contribution in [3.8, 4) is 0 Å². The number of hydrogen-bond donors (Lipinski definition) is 3. The molecule has 224 valence electrons. The zero-order valence-corrected chi connectivity index (χ0v) is 24.8. The van der Waals surface area contributed by atoms with Gasteiger partial charge in [-0.05, 0) is 53.3 Å². The Balaban J connectivity index is 1.22. The van der Waals surface area contributed by atoms with Gasteiger partial charge < -0.3 is 25.3 Å². The van der Waals surface area contributed by atoms with Crippen LogP contribution in [0, 0.1) is 6.92 Å². The number of para-hydroxylation sites is 1. The Morgan fingerprint density at radius 3 is 2.20 bits per heavy atom. The lowest BCUT2D eigenvalue weighted by molar-refractivity contribution is -0.130. The SMILES string of the molecule is Cc1c(CNC(=O)NCc2ccccc2)ccc2nc(Nc3ccccc3CCC(=O)N(C)Cc3ccccc3)oc(=O)c12. The molecule has 5 rings (SSSR count). The fraction of sp³-hybridized carbons (Fsp3) is 0.200. The molecule has 3 amide bonds. The van der Waals surface area contributed by atoms with Gasteiger partial charge in [-0.2, -0.15) is 4.98 Å². The van der Waals surface area contributed by atoms with Gasteiger partial charge in [-0.15, -0.1) is 0 Å². The van der Waals surface area contributed by atoms with E-state index in [1.807, 2.05) is 97.9 Å². The van der Waals surface area contributed by atoms with E-state index in [1.54, 1.807) is 18.0 Å². The van der Waals surface area contributed by atoms with Crippen molar-refractivity contribution in [2.24, 2.45) is 0 Å². The molecule has 1 aromatic heterocycles. The zero-order chi connectivity index (χ0) is 30.9. The molecule has 3 N–H and O–H groups in total. The van der Waals surface area contributed by atoms with Gasteiger partial charge in [-0.3, -0.25) is 4.79 Å². The maximum atomic E-state index is 13.1. The summed E-state index contributed by atoms with van der Waals surface area (Å²) in [7, 11) is 1.80. The lowest BCUT2D eigenvalue weighted by Gasteiger charge is -2.18. The Morgan fingerprint density at radius 1 is 0.795 bits per heavy atom. The summed E-state index contributed by atoms with van der Waals surface area (Å²) in [6, 6.07) is 30.4. The number of fused-ring (bicyclic) bond motifs is 1. The summed E-state index contributed by atoms with van der Waals surface area (Å²) in [5, 5.41) is 9.16. The normalized spacial score (nSPS) is 10.8. The van der Waals surface area contributed by atoms with Crippen LogP contribution in [0.1, 0.15) is 34.2 Å². The lowest BCUT2D eigenvalue weighted by Crippen LogP contribution is -2.34. The summed E-state index contributed by atoms with van der Waals surface area (Å²) < 4.78 is 5.58. The van der Waals surface area contributed by atoms with Crippen LogP contribution in [-0.4, -0.2) is 28.9 Å². The van der Waals surface area contributed by atoms with Crippen LogP contribution >= 0.6 is 0 Å². The Hall–Kier alpha value is -5.44. The molecule has 0 saturated heterocycles. The summed E-state index contributed by atoms with van der Waals surface area (Å²) in [5.74, 6) is 0.0356. The van der Waals surface area contributed by atoms with Crippen molar-refractivity contribution < 1.29 is 14.0 Å². The largest absolute Gasteiger partial charge is 0.388 e. The van der Waals surface area contributed by atoms with E-state index in [-0.39, 0.29) is 24.5 Å². The van der Waals surface area contributed by atoms with Crippen LogP contribution in [0.2, 0.25) is 0 Å². The topological polar surface area (TPSA) is 117 Å². The lowest BCUT2D eigenvalue weighted by atomic mass is 10.0. The van der Waals surface area contributed by atoms with Gasteiger partial charge in [0.05, 0.1) is 10.9 Å². The second-order valence-electron chi connectivity index (χ2n) is 10.6. The van der Waals surface area contributed by atoms with E-state index < -0.39 is 5.63 Å². The maximum Gasteiger partial charge on any atom is 0.348 e. The number of carbonyl (C=O) groups excluding carboxylic acids is 2. The van der Waals surface area contributed by atoms with Crippen LogP contribution in [0.25, 0.3) is 10.9 Å². The molecule has 0 fully saturated rings. The van der Waals surface area contributed by atoms with Crippen molar-refractivity contribution in [2.45, 2.75) is 39.4 Å². The van der Waals surface area contributed by atoms with Crippen LogP contribution < -0.4 is 21.6 Å². The molecule has 0 aliphatic rings. The van der Waals surface area contributed by atoms with Gasteiger partial charge in [-0.25, -0.2) is 9.59 Å². The number of nitrogens with one attached hydrogen (secondary N) is 3. The highest BCUT2D eigenvalue weighted by Crippen LogP contribution is 2.24. The van der Waals surface area contributed by atoms with E-state index in [0.29, 0.717) is 48.1 Å². The van der Waals surface area contributed by atoms with Crippen molar-refractivity contribution in [1.82, 2.24) is 20.5 Å². The number of carbonyl (C=O) groups is 2. The first kappa shape index (κ1) is 30.0. The molecule has 0 aliphatic carbocycles. The van der Waals surface area contributed by atoms with Crippen molar-refractivity contribution in [3.05, 3.63) is 135 Å². The Kier molecular flexibility index (Phi) is 9.66. The Morgan fingerprint density at radius 2 is 1.45 bits per heavy atom. The van der Waals surface area contributed by atoms with E-state index in [9.17, 15) is 14.4 Å². The van der Waals surface area contributed by atoms with Gasteiger partial charge in [-0.1, -0.05) is 84.9 Å². The number of benzene rings is 4. The molecule has 4 aromatic carbocycles. The summed E-state index contributed by atoms with van der Waals surface area (Å²) >= 11 is 0. The third-order valence-electron chi connectivity index (χ3n) is 7.46. The monoisotopic (exact) mass is 589 g/mol.